The fourth-order valence-corrected chi connectivity index (χ4v) is 2.64. The molecule has 3 rings (SSSR count). The maximum atomic E-state index is 12.7. The van der Waals surface area contributed by atoms with Crippen LogP contribution in [-0.4, -0.2) is 40.9 Å². The van der Waals surface area contributed by atoms with Gasteiger partial charge in [0.25, 0.3) is 11.8 Å². The van der Waals surface area contributed by atoms with E-state index >= 15 is 0 Å². The molecule has 28 heavy (non-hydrogen) atoms. The minimum absolute atomic E-state index is 0.0166. The number of carboxylic acids is 1. The van der Waals surface area contributed by atoms with Gasteiger partial charge in [-0.3, -0.25) is 19.8 Å². The number of benzene rings is 2. The zero-order chi connectivity index (χ0) is 20.3. The van der Waals surface area contributed by atoms with Crippen LogP contribution >= 0.6 is 0 Å². The predicted octanol–water partition coefficient (Wildman–Crippen LogP) is 2.06. The van der Waals surface area contributed by atoms with Crippen LogP contribution in [0.4, 0.5) is 4.79 Å². The molecule has 8 heteroatoms. The first-order chi connectivity index (χ1) is 13.4. The topological polar surface area (TPSA) is 113 Å². The minimum Gasteiger partial charge on any atom is -0.497 e. The van der Waals surface area contributed by atoms with Crippen molar-refractivity contribution in [3.63, 3.8) is 0 Å². The number of ether oxygens (including phenoxy) is 1. The maximum Gasteiger partial charge on any atom is 0.335 e. The van der Waals surface area contributed by atoms with Gasteiger partial charge in [0.2, 0.25) is 0 Å². The van der Waals surface area contributed by atoms with Crippen LogP contribution in [0.25, 0.3) is 6.08 Å². The van der Waals surface area contributed by atoms with Crippen LogP contribution in [0.3, 0.4) is 0 Å². The monoisotopic (exact) mass is 380 g/mol. The number of carboxylic acid groups (broad SMARTS) is 1. The van der Waals surface area contributed by atoms with Crippen LogP contribution in [0.15, 0.2) is 54.1 Å². The zero-order valence-corrected chi connectivity index (χ0v) is 14.8. The van der Waals surface area contributed by atoms with E-state index in [1.165, 1.54) is 37.5 Å². The molecule has 0 saturated carbocycles. The first-order valence-corrected chi connectivity index (χ1v) is 8.24. The molecule has 2 aromatic rings. The van der Waals surface area contributed by atoms with Crippen molar-refractivity contribution in [3.05, 3.63) is 70.8 Å². The Kier molecular flexibility index (Phi) is 5.21. The SMILES string of the molecule is COc1ccc(CN2C(=O)NC(=O)/C(=C\c3ccc(C(=O)O)cc3)C2=O)cc1. The Morgan fingerprint density at radius 2 is 1.71 bits per heavy atom. The average molecular weight is 380 g/mol. The quantitative estimate of drug-likeness (QED) is 0.606. The molecule has 142 valence electrons. The largest absolute Gasteiger partial charge is 0.497 e. The second kappa shape index (κ2) is 7.75. The Morgan fingerprint density at radius 1 is 1.07 bits per heavy atom. The van der Waals surface area contributed by atoms with E-state index in [1.807, 2.05) is 0 Å². The molecule has 1 saturated heterocycles. The standard InChI is InChI=1S/C20H16N2O6/c1-28-15-8-4-13(5-9-15)11-22-18(24)16(17(23)21-20(22)27)10-12-2-6-14(7-3-12)19(25)26/h2-10H,11H2,1H3,(H,25,26)(H,21,23,27)/b16-10+. The van der Waals surface area contributed by atoms with Gasteiger partial charge in [-0.15, -0.1) is 0 Å². The van der Waals surface area contributed by atoms with Crippen molar-refractivity contribution in [2.45, 2.75) is 6.54 Å². The molecule has 1 heterocycles. The number of methoxy groups -OCH3 is 1. The van der Waals surface area contributed by atoms with E-state index < -0.39 is 23.8 Å². The molecule has 0 aliphatic carbocycles. The van der Waals surface area contributed by atoms with Crippen molar-refractivity contribution in [3.8, 4) is 5.75 Å². The molecule has 0 bridgehead atoms. The first kappa shape index (κ1) is 18.8. The molecule has 1 aliphatic heterocycles. The Labute approximate surface area is 160 Å². The van der Waals surface area contributed by atoms with E-state index in [2.05, 4.69) is 5.32 Å². The molecular formula is C20H16N2O6. The third-order valence-corrected chi connectivity index (χ3v) is 4.15. The predicted molar refractivity (Wildman–Crippen MR) is 98.5 cm³/mol. The Morgan fingerprint density at radius 3 is 2.29 bits per heavy atom. The summed E-state index contributed by atoms with van der Waals surface area (Å²) in [5.41, 5.74) is 1.01. The van der Waals surface area contributed by atoms with Crippen molar-refractivity contribution < 1.29 is 29.0 Å². The fourth-order valence-electron chi connectivity index (χ4n) is 2.64. The number of urea groups is 1. The van der Waals surface area contributed by atoms with Gasteiger partial charge in [-0.1, -0.05) is 24.3 Å². The molecule has 1 aliphatic rings. The first-order valence-electron chi connectivity index (χ1n) is 8.24. The third-order valence-electron chi connectivity index (χ3n) is 4.15. The Bertz CT molecular complexity index is 977. The molecule has 0 aromatic heterocycles. The smallest absolute Gasteiger partial charge is 0.335 e. The van der Waals surface area contributed by atoms with E-state index in [0.717, 1.165) is 4.90 Å². The highest BCUT2D eigenvalue weighted by Gasteiger charge is 2.35. The molecule has 0 atom stereocenters. The number of barbiturate groups is 1. The molecule has 2 N–H and O–H groups in total. The summed E-state index contributed by atoms with van der Waals surface area (Å²) < 4.78 is 5.07. The maximum absolute atomic E-state index is 12.7. The summed E-state index contributed by atoms with van der Waals surface area (Å²) in [7, 11) is 1.53. The lowest BCUT2D eigenvalue weighted by molar-refractivity contribution is -0.130. The van der Waals surface area contributed by atoms with Gasteiger partial charge in [-0.2, -0.15) is 0 Å². The van der Waals surface area contributed by atoms with Gasteiger partial charge in [0, 0.05) is 0 Å². The van der Waals surface area contributed by atoms with Gasteiger partial charge < -0.3 is 9.84 Å². The van der Waals surface area contributed by atoms with Crippen LogP contribution in [0.1, 0.15) is 21.5 Å². The highest BCUT2D eigenvalue weighted by atomic mass is 16.5. The molecule has 1 fully saturated rings. The van der Waals surface area contributed by atoms with Gasteiger partial charge in [0.15, 0.2) is 0 Å². The number of hydrogen-bond donors (Lipinski definition) is 2. The summed E-state index contributed by atoms with van der Waals surface area (Å²) in [4.78, 5) is 48.8. The van der Waals surface area contributed by atoms with Gasteiger partial charge in [-0.05, 0) is 41.5 Å². The molecular weight excluding hydrogens is 364 g/mol. The second-order valence-corrected chi connectivity index (χ2v) is 5.98. The molecule has 8 nitrogen and oxygen atoms in total. The van der Waals surface area contributed by atoms with E-state index in [9.17, 15) is 19.2 Å². The highest BCUT2D eigenvalue weighted by molar-refractivity contribution is 6.30. The second-order valence-electron chi connectivity index (χ2n) is 5.98. The van der Waals surface area contributed by atoms with Crippen LogP contribution < -0.4 is 10.1 Å². The lowest BCUT2D eigenvalue weighted by Gasteiger charge is -2.26. The molecule has 0 spiro atoms. The molecule has 0 radical (unpaired) electrons. The number of hydrogen-bond acceptors (Lipinski definition) is 5. The highest BCUT2D eigenvalue weighted by Crippen LogP contribution is 2.19. The average Bonchev–Trinajstić information content (AvgIpc) is 2.69. The summed E-state index contributed by atoms with van der Waals surface area (Å²) in [6.07, 6.45) is 1.32. The van der Waals surface area contributed by atoms with Crippen LogP contribution in [0, 0.1) is 0 Å². The number of carbonyl (C=O) groups excluding carboxylic acids is 3. The molecule has 4 amide bonds. The van der Waals surface area contributed by atoms with Crippen LogP contribution in [0.5, 0.6) is 5.75 Å². The number of carbonyl (C=O) groups is 4. The van der Waals surface area contributed by atoms with E-state index in [0.29, 0.717) is 16.9 Å². The number of nitrogens with one attached hydrogen (secondary N) is 1. The summed E-state index contributed by atoms with van der Waals surface area (Å²) in [5, 5.41) is 11.1. The van der Waals surface area contributed by atoms with Crippen molar-refractivity contribution in [2.24, 2.45) is 0 Å². The minimum atomic E-state index is -1.08. The summed E-state index contributed by atoms with van der Waals surface area (Å²) in [5.74, 6) is -1.98. The normalized spacial score (nSPS) is 15.5. The van der Waals surface area contributed by atoms with Gasteiger partial charge in [0.1, 0.15) is 11.3 Å². The van der Waals surface area contributed by atoms with E-state index in [-0.39, 0.29) is 17.7 Å². The Hall–Kier alpha value is -3.94. The summed E-state index contributed by atoms with van der Waals surface area (Å²) in [6.45, 7) is -0.0166. The molecule has 0 unspecified atom stereocenters. The van der Waals surface area contributed by atoms with E-state index in [1.54, 1.807) is 24.3 Å². The Balaban J connectivity index is 1.85. The van der Waals surface area contributed by atoms with Gasteiger partial charge in [-0.25, -0.2) is 9.59 Å². The number of aromatic carboxylic acids is 1. The van der Waals surface area contributed by atoms with E-state index in [4.69, 9.17) is 9.84 Å². The molecule has 2 aromatic carbocycles. The van der Waals surface area contributed by atoms with Crippen molar-refractivity contribution in [1.29, 1.82) is 0 Å². The lowest BCUT2D eigenvalue weighted by atomic mass is 10.1. The number of imide groups is 2. The summed E-state index contributed by atoms with van der Waals surface area (Å²) >= 11 is 0. The number of nitrogens with zero attached hydrogens (tertiary/aromatic N) is 1. The van der Waals surface area contributed by atoms with Crippen molar-refractivity contribution in [2.75, 3.05) is 7.11 Å². The number of amides is 4. The van der Waals surface area contributed by atoms with Crippen LogP contribution in [0.2, 0.25) is 0 Å². The number of rotatable bonds is 5. The van der Waals surface area contributed by atoms with Gasteiger partial charge in [0.05, 0.1) is 19.2 Å². The van der Waals surface area contributed by atoms with Crippen molar-refractivity contribution >= 4 is 29.9 Å². The van der Waals surface area contributed by atoms with Crippen molar-refractivity contribution in [1.82, 2.24) is 10.2 Å². The third kappa shape index (κ3) is 3.90. The van der Waals surface area contributed by atoms with Crippen LogP contribution in [-0.2, 0) is 16.1 Å². The fraction of sp³-hybridized carbons (Fsp3) is 0.100. The van der Waals surface area contributed by atoms with Gasteiger partial charge >= 0.3 is 12.0 Å². The summed E-state index contributed by atoms with van der Waals surface area (Å²) in [6, 6.07) is 11.7. The zero-order valence-electron chi connectivity index (χ0n) is 14.8. The lowest BCUT2D eigenvalue weighted by Crippen LogP contribution is -2.53.